The molecule has 0 aromatic rings. The molecule has 0 aliphatic rings. The first-order valence-corrected chi connectivity index (χ1v) is 9.05. The lowest BCUT2D eigenvalue weighted by Gasteiger charge is -2.00. The summed E-state index contributed by atoms with van der Waals surface area (Å²) in [6.07, 6.45) is 28.6. The summed E-state index contributed by atoms with van der Waals surface area (Å²) in [7, 11) is 1.37. The molecule has 0 aromatic heterocycles. The van der Waals surface area contributed by atoms with Crippen molar-refractivity contribution in [2.24, 2.45) is 0 Å². The van der Waals surface area contributed by atoms with Crippen molar-refractivity contribution >= 4 is 5.97 Å². The molecule has 0 rings (SSSR count). The highest BCUT2D eigenvalue weighted by Gasteiger charge is 1.90. The summed E-state index contributed by atoms with van der Waals surface area (Å²) >= 11 is 0. The summed E-state index contributed by atoms with van der Waals surface area (Å²) in [6.45, 7) is 2.27. The second-order valence-electron chi connectivity index (χ2n) is 5.70. The maximum Gasteiger partial charge on any atom is 0.330 e. The number of hydrogen-bond donors (Lipinski definition) is 0. The number of hydrogen-bond acceptors (Lipinski definition) is 2. The van der Waals surface area contributed by atoms with E-state index in [-0.39, 0.29) is 5.97 Å². The third-order valence-electron chi connectivity index (χ3n) is 3.60. The van der Waals surface area contributed by atoms with Gasteiger partial charge in [-0.05, 0) is 12.8 Å². The van der Waals surface area contributed by atoms with Crippen LogP contribution in [0.2, 0.25) is 0 Å². The van der Waals surface area contributed by atoms with E-state index in [0.29, 0.717) is 0 Å². The minimum absolute atomic E-state index is 0.334. The molecule has 0 atom stereocenters. The van der Waals surface area contributed by atoms with Gasteiger partial charge in [-0.1, -0.05) is 101 Å². The van der Waals surface area contributed by atoms with Gasteiger partial charge in [0.2, 0.25) is 0 Å². The molecule has 2 heteroatoms. The Morgan fingerprint density at radius 1 is 0.739 bits per heavy atom. The number of methoxy groups -OCH3 is 1. The predicted octanol–water partition coefficient (Wildman–Crippen LogP) is 6.31. The van der Waals surface area contributed by atoms with E-state index in [2.05, 4.69) is 23.8 Å². The number of carbonyl (C=O) groups is 1. The lowest BCUT2D eigenvalue weighted by atomic mass is 10.1. The SMILES string of the molecule is CCCCCCCCCCCC=CC=C/C=C/C=C\C(=O)OC. The van der Waals surface area contributed by atoms with Crippen LogP contribution in [0.4, 0.5) is 0 Å². The maximum atomic E-state index is 10.8. The average molecular weight is 319 g/mol. The van der Waals surface area contributed by atoms with E-state index in [1.165, 1.54) is 71.0 Å². The van der Waals surface area contributed by atoms with Gasteiger partial charge in [0.1, 0.15) is 0 Å². The van der Waals surface area contributed by atoms with Crippen LogP contribution in [0, 0.1) is 0 Å². The smallest absolute Gasteiger partial charge is 0.330 e. The van der Waals surface area contributed by atoms with Crippen LogP contribution in [0.15, 0.2) is 48.6 Å². The van der Waals surface area contributed by atoms with Gasteiger partial charge in [0, 0.05) is 6.08 Å². The largest absolute Gasteiger partial charge is 0.466 e. The first kappa shape index (κ1) is 21.4. The maximum absolute atomic E-state index is 10.8. The van der Waals surface area contributed by atoms with Gasteiger partial charge in [-0.25, -0.2) is 4.79 Å². The molecular formula is C21H34O2. The van der Waals surface area contributed by atoms with Crippen LogP contribution in [0.3, 0.4) is 0 Å². The number of carbonyl (C=O) groups excluding carboxylic acids is 1. The molecular weight excluding hydrogens is 284 g/mol. The molecule has 0 saturated carbocycles. The minimum atomic E-state index is -0.334. The molecule has 0 aliphatic heterocycles. The van der Waals surface area contributed by atoms with Crippen LogP contribution in [0.5, 0.6) is 0 Å². The van der Waals surface area contributed by atoms with Crippen molar-refractivity contribution in [3.63, 3.8) is 0 Å². The predicted molar refractivity (Wildman–Crippen MR) is 100 cm³/mol. The summed E-state index contributed by atoms with van der Waals surface area (Å²) < 4.78 is 4.49. The van der Waals surface area contributed by atoms with E-state index in [4.69, 9.17) is 0 Å². The quantitative estimate of drug-likeness (QED) is 0.162. The highest BCUT2D eigenvalue weighted by molar-refractivity contribution is 5.82. The van der Waals surface area contributed by atoms with E-state index >= 15 is 0 Å². The first-order valence-electron chi connectivity index (χ1n) is 9.05. The van der Waals surface area contributed by atoms with Gasteiger partial charge in [-0.2, -0.15) is 0 Å². The van der Waals surface area contributed by atoms with Gasteiger partial charge in [-0.15, -0.1) is 0 Å². The van der Waals surface area contributed by atoms with E-state index < -0.39 is 0 Å². The van der Waals surface area contributed by atoms with Gasteiger partial charge in [0.05, 0.1) is 7.11 Å². The van der Waals surface area contributed by atoms with Gasteiger partial charge < -0.3 is 4.74 Å². The number of rotatable bonds is 14. The number of allylic oxidation sites excluding steroid dienone is 7. The Balaban J connectivity index is 3.40. The minimum Gasteiger partial charge on any atom is -0.466 e. The fraction of sp³-hybridized carbons (Fsp3) is 0.571. The third-order valence-corrected chi connectivity index (χ3v) is 3.60. The van der Waals surface area contributed by atoms with Crippen molar-refractivity contribution in [1.82, 2.24) is 0 Å². The van der Waals surface area contributed by atoms with Crippen LogP contribution < -0.4 is 0 Å². The molecule has 0 spiro atoms. The number of unbranched alkanes of at least 4 members (excludes halogenated alkanes) is 9. The van der Waals surface area contributed by atoms with Crippen LogP contribution in [0.25, 0.3) is 0 Å². The highest BCUT2D eigenvalue weighted by Crippen LogP contribution is 2.10. The number of ether oxygens (including phenoxy) is 1. The summed E-state index contributed by atoms with van der Waals surface area (Å²) in [5, 5.41) is 0. The molecule has 2 nitrogen and oxygen atoms in total. The molecule has 0 unspecified atom stereocenters. The zero-order valence-electron chi connectivity index (χ0n) is 15.0. The fourth-order valence-corrected chi connectivity index (χ4v) is 2.21. The van der Waals surface area contributed by atoms with Crippen molar-refractivity contribution in [1.29, 1.82) is 0 Å². The van der Waals surface area contributed by atoms with E-state index in [1.807, 2.05) is 24.3 Å². The lowest BCUT2D eigenvalue weighted by molar-refractivity contribution is -0.134. The zero-order chi connectivity index (χ0) is 17.0. The highest BCUT2D eigenvalue weighted by atomic mass is 16.5. The third kappa shape index (κ3) is 18.4. The molecule has 0 fully saturated rings. The standard InChI is InChI=1S/C21H34O2/c1-3-4-5-6-7-8-9-10-11-12-13-14-15-16-17-18-19-20-21(22)23-2/h13-20H,3-12H2,1-2H3/b14-13?,16-15?,18-17+,20-19-. The fourth-order valence-electron chi connectivity index (χ4n) is 2.21. The van der Waals surface area contributed by atoms with Crippen molar-refractivity contribution < 1.29 is 9.53 Å². The Kier molecular flexibility index (Phi) is 17.2. The Bertz CT molecular complexity index is 375. The van der Waals surface area contributed by atoms with Gasteiger partial charge in [0.25, 0.3) is 0 Å². The molecule has 0 N–H and O–H groups in total. The molecule has 23 heavy (non-hydrogen) atoms. The molecule has 0 radical (unpaired) electrons. The Labute approximate surface area is 143 Å². The lowest BCUT2D eigenvalue weighted by Crippen LogP contribution is -1.92. The summed E-state index contributed by atoms with van der Waals surface area (Å²) in [5.41, 5.74) is 0. The molecule has 0 heterocycles. The Morgan fingerprint density at radius 3 is 1.87 bits per heavy atom. The van der Waals surface area contributed by atoms with Gasteiger partial charge >= 0.3 is 5.97 Å². The van der Waals surface area contributed by atoms with E-state index in [9.17, 15) is 4.79 Å². The van der Waals surface area contributed by atoms with Crippen molar-refractivity contribution in [2.45, 2.75) is 71.1 Å². The normalized spacial score (nSPS) is 12.3. The Morgan fingerprint density at radius 2 is 1.26 bits per heavy atom. The molecule has 0 aliphatic carbocycles. The van der Waals surface area contributed by atoms with E-state index in [1.54, 1.807) is 6.08 Å². The molecule has 130 valence electrons. The monoisotopic (exact) mass is 318 g/mol. The zero-order valence-corrected chi connectivity index (χ0v) is 15.0. The molecule has 0 amide bonds. The van der Waals surface area contributed by atoms with Crippen molar-refractivity contribution in [3.8, 4) is 0 Å². The van der Waals surface area contributed by atoms with Gasteiger partial charge in [-0.3, -0.25) is 0 Å². The number of esters is 1. The summed E-state index contributed by atoms with van der Waals surface area (Å²) in [6, 6.07) is 0. The van der Waals surface area contributed by atoms with Crippen LogP contribution >= 0.6 is 0 Å². The molecule has 0 saturated heterocycles. The topological polar surface area (TPSA) is 26.3 Å². The van der Waals surface area contributed by atoms with Crippen molar-refractivity contribution in [2.75, 3.05) is 7.11 Å². The molecule has 0 bridgehead atoms. The van der Waals surface area contributed by atoms with E-state index in [0.717, 1.165) is 6.42 Å². The van der Waals surface area contributed by atoms with Crippen LogP contribution in [-0.2, 0) is 9.53 Å². The average Bonchev–Trinajstić information content (AvgIpc) is 2.57. The summed E-state index contributed by atoms with van der Waals surface area (Å²) in [4.78, 5) is 10.8. The summed E-state index contributed by atoms with van der Waals surface area (Å²) in [5.74, 6) is -0.334. The second-order valence-corrected chi connectivity index (χ2v) is 5.70. The van der Waals surface area contributed by atoms with Crippen LogP contribution in [0.1, 0.15) is 71.1 Å². The van der Waals surface area contributed by atoms with Crippen LogP contribution in [-0.4, -0.2) is 13.1 Å². The Hall–Kier alpha value is -1.57. The van der Waals surface area contributed by atoms with Gasteiger partial charge in [0.15, 0.2) is 0 Å². The van der Waals surface area contributed by atoms with Crippen molar-refractivity contribution in [3.05, 3.63) is 48.6 Å². The first-order chi connectivity index (χ1) is 11.3. The second kappa shape index (κ2) is 18.5. The molecule has 0 aromatic carbocycles.